The molecule has 0 unspecified atom stereocenters. The molecule has 10 heteroatoms. The Labute approximate surface area is 259 Å². The number of carbonyl (C=O) groups is 2. The number of nitrogens with one attached hydrogen (secondary N) is 1. The van der Waals surface area contributed by atoms with Gasteiger partial charge in [0.15, 0.2) is 5.75 Å². The van der Waals surface area contributed by atoms with E-state index in [0.717, 1.165) is 24.8 Å². The highest BCUT2D eigenvalue weighted by atomic mass is 16.5. The van der Waals surface area contributed by atoms with Gasteiger partial charge in [-0.2, -0.15) is 0 Å². The van der Waals surface area contributed by atoms with Crippen molar-refractivity contribution in [2.24, 2.45) is 47.0 Å². The van der Waals surface area contributed by atoms with Crippen LogP contribution in [0.3, 0.4) is 0 Å². The standard InChI is InChI=1S/C33H58N4O6/c1-20(2)25(14-24-15-29(32(41-8)37-19-24)42-13-9-12-40-7)16-27(34)28(43-33(39)30(35)22(5)6)17-26(21(3)4)31(38)36-18-23-10-11-23/h15,19-23,25-28,30H,9-14,16-18,34-35H2,1-8H3,(H,36,38)/t25-,26-,27-,28-,30-/m0/s1. The number of ether oxygens (including phenoxy) is 4. The Morgan fingerprint density at radius 1 is 1.00 bits per heavy atom. The summed E-state index contributed by atoms with van der Waals surface area (Å²) in [6, 6.07) is 0.728. The summed E-state index contributed by atoms with van der Waals surface area (Å²) in [5.41, 5.74) is 14.0. The second kappa shape index (κ2) is 18.4. The Bertz CT molecular complexity index is 984. The van der Waals surface area contributed by atoms with E-state index in [2.05, 4.69) is 24.1 Å². The molecule has 0 radical (unpaired) electrons. The van der Waals surface area contributed by atoms with Crippen LogP contribution in [0.15, 0.2) is 12.3 Å². The van der Waals surface area contributed by atoms with Crippen LogP contribution in [-0.2, 0) is 25.5 Å². The molecule has 1 saturated carbocycles. The van der Waals surface area contributed by atoms with Gasteiger partial charge >= 0.3 is 5.97 Å². The number of nitrogens with two attached hydrogens (primary N) is 2. The molecular weight excluding hydrogens is 548 g/mol. The lowest BCUT2D eigenvalue weighted by molar-refractivity contribution is -0.155. The number of nitrogens with zero attached hydrogens (tertiary/aromatic N) is 1. The van der Waals surface area contributed by atoms with Gasteiger partial charge in [-0.05, 0) is 73.3 Å². The minimum Gasteiger partial charge on any atom is -0.488 e. The van der Waals surface area contributed by atoms with Gasteiger partial charge < -0.3 is 35.7 Å². The summed E-state index contributed by atoms with van der Waals surface area (Å²) in [5, 5.41) is 3.11. The van der Waals surface area contributed by atoms with Gasteiger partial charge in [-0.1, -0.05) is 41.5 Å². The lowest BCUT2D eigenvalue weighted by Crippen LogP contribution is -2.48. The average molecular weight is 607 g/mol. The van der Waals surface area contributed by atoms with Crippen molar-refractivity contribution >= 4 is 11.9 Å². The summed E-state index contributed by atoms with van der Waals surface area (Å²) in [7, 11) is 3.24. The van der Waals surface area contributed by atoms with Crippen molar-refractivity contribution in [3.8, 4) is 11.6 Å². The summed E-state index contributed by atoms with van der Waals surface area (Å²) in [6.45, 7) is 13.9. The summed E-state index contributed by atoms with van der Waals surface area (Å²) >= 11 is 0. The molecule has 1 amide bonds. The van der Waals surface area contributed by atoms with Crippen LogP contribution in [-0.4, -0.2) is 69.0 Å². The average Bonchev–Trinajstić information content (AvgIpc) is 3.79. The molecule has 246 valence electrons. The molecule has 0 spiro atoms. The highest BCUT2D eigenvalue weighted by Gasteiger charge is 2.35. The maximum atomic E-state index is 13.2. The van der Waals surface area contributed by atoms with Crippen molar-refractivity contribution in [1.29, 1.82) is 0 Å². The van der Waals surface area contributed by atoms with Gasteiger partial charge in [0.1, 0.15) is 12.1 Å². The molecule has 5 N–H and O–H groups in total. The lowest BCUT2D eigenvalue weighted by atomic mass is 9.81. The molecule has 1 aliphatic carbocycles. The third-order valence-corrected chi connectivity index (χ3v) is 8.46. The molecule has 2 rings (SSSR count). The first kappa shape index (κ1) is 36.8. The third kappa shape index (κ3) is 12.6. The molecule has 10 nitrogen and oxygen atoms in total. The third-order valence-electron chi connectivity index (χ3n) is 8.46. The zero-order valence-corrected chi connectivity index (χ0v) is 27.8. The number of pyridine rings is 1. The number of hydrogen-bond acceptors (Lipinski definition) is 9. The van der Waals surface area contributed by atoms with Crippen LogP contribution >= 0.6 is 0 Å². The van der Waals surface area contributed by atoms with Crippen molar-refractivity contribution in [2.75, 3.05) is 34.0 Å². The summed E-state index contributed by atoms with van der Waals surface area (Å²) in [5.74, 6) is 1.21. The fourth-order valence-electron chi connectivity index (χ4n) is 5.06. The Morgan fingerprint density at radius 3 is 2.26 bits per heavy atom. The first-order valence-electron chi connectivity index (χ1n) is 16.0. The minimum absolute atomic E-state index is 0.00828. The van der Waals surface area contributed by atoms with E-state index in [4.69, 9.17) is 30.4 Å². The fraction of sp³-hybridized carbons (Fsp3) is 0.788. The summed E-state index contributed by atoms with van der Waals surface area (Å²) < 4.78 is 22.5. The van der Waals surface area contributed by atoms with Gasteiger partial charge in [0.2, 0.25) is 5.91 Å². The molecular formula is C33H58N4O6. The molecule has 5 atom stereocenters. The molecule has 0 saturated heterocycles. The van der Waals surface area contributed by atoms with Crippen LogP contribution in [0.4, 0.5) is 0 Å². The largest absolute Gasteiger partial charge is 0.488 e. The zero-order valence-electron chi connectivity index (χ0n) is 27.8. The number of hydrogen-bond donors (Lipinski definition) is 3. The van der Waals surface area contributed by atoms with Gasteiger partial charge in [-0.3, -0.25) is 9.59 Å². The smallest absolute Gasteiger partial charge is 0.323 e. The molecule has 0 aromatic carbocycles. The Balaban J connectivity index is 2.22. The van der Waals surface area contributed by atoms with Gasteiger partial charge in [0.05, 0.1) is 13.7 Å². The van der Waals surface area contributed by atoms with Gasteiger partial charge in [0, 0.05) is 44.8 Å². The number of amides is 1. The number of methoxy groups -OCH3 is 2. The Hall–Kier alpha value is -2.43. The van der Waals surface area contributed by atoms with E-state index in [1.165, 1.54) is 0 Å². The highest BCUT2D eigenvalue weighted by Crippen LogP contribution is 2.31. The van der Waals surface area contributed by atoms with Crippen LogP contribution in [0.2, 0.25) is 0 Å². The predicted octanol–water partition coefficient (Wildman–Crippen LogP) is 4.12. The molecule has 1 aromatic heterocycles. The monoisotopic (exact) mass is 606 g/mol. The van der Waals surface area contributed by atoms with E-state index in [1.807, 2.05) is 33.8 Å². The van der Waals surface area contributed by atoms with Gasteiger partial charge in [-0.15, -0.1) is 0 Å². The molecule has 1 aliphatic rings. The predicted molar refractivity (Wildman–Crippen MR) is 169 cm³/mol. The fourth-order valence-corrected chi connectivity index (χ4v) is 5.06. The number of aromatic nitrogens is 1. The Kier molecular flexibility index (Phi) is 15.7. The molecule has 0 aliphatic heterocycles. The highest BCUT2D eigenvalue weighted by molar-refractivity contribution is 5.79. The SMILES string of the molecule is COCCCOc1cc(C[C@@H](C[C@H](N)[C@H](C[C@H](C(=O)NCC2CC2)C(C)C)OC(=O)[C@@H](N)C(C)C)C(C)C)cnc1OC. The van der Waals surface area contributed by atoms with Crippen molar-refractivity contribution in [2.45, 2.75) is 98.3 Å². The molecule has 1 fully saturated rings. The van der Waals surface area contributed by atoms with Crippen molar-refractivity contribution in [3.05, 3.63) is 17.8 Å². The van der Waals surface area contributed by atoms with Crippen LogP contribution in [0, 0.1) is 35.5 Å². The number of esters is 1. The summed E-state index contributed by atoms with van der Waals surface area (Å²) in [4.78, 5) is 30.7. The van der Waals surface area contributed by atoms with Crippen molar-refractivity contribution < 1.29 is 28.5 Å². The van der Waals surface area contributed by atoms with E-state index < -0.39 is 24.2 Å². The van der Waals surface area contributed by atoms with E-state index in [-0.39, 0.29) is 35.5 Å². The van der Waals surface area contributed by atoms with Crippen LogP contribution < -0.4 is 26.3 Å². The molecule has 43 heavy (non-hydrogen) atoms. The first-order chi connectivity index (χ1) is 20.4. The molecule has 0 bridgehead atoms. The summed E-state index contributed by atoms with van der Waals surface area (Å²) in [6.07, 6.45) is 5.88. The maximum absolute atomic E-state index is 13.2. The second-order valence-electron chi connectivity index (χ2n) is 13.2. The number of carbonyl (C=O) groups excluding carboxylic acids is 2. The molecule has 1 aromatic rings. The van der Waals surface area contributed by atoms with Crippen molar-refractivity contribution in [3.63, 3.8) is 0 Å². The Morgan fingerprint density at radius 2 is 1.70 bits per heavy atom. The quantitative estimate of drug-likeness (QED) is 0.139. The van der Waals surface area contributed by atoms with E-state index in [0.29, 0.717) is 56.6 Å². The van der Waals surface area contributed by atoms with Crippen LogP contribution in [0.25, 0.3) is 0 Å². The van der Waals surface area contributed by atoms with Crippen LogP contribution in [0.5, 0.6) is 11.6 Å². The maximum Gasteiger partial charge on any atom is 0.323 e. The number of rotatable bonds is 21. The second-order valence-corrected chi connectivity index (χ2v) is 13.2. The topological polar surface area (TPSA) is 148 Å². The minimum atomic E-state index is -0.760. The normalized spacial score (nSPS) is 17.0. The lowest BCUT2D eigenvalue weighted by Gasteiger charge is -2.33. The van der Waals surface area contributed by atoms with E-state index in [1.54, 1.807) is 20.4 Å². The van der Waals surface area contributed by atoms with E-state index in [9.17, 15) is 9.59 Å². The van der Waals surface area contributed by atoms with Crippen LogP contribution in [0.1, 0.15) is 79.2 Å². The van der Waals surface area contributed by atoms with E-state index >= 15 is 0 Å². The first-order valence-corrected chi connectivity index (χ1v) is 16.0. The zero-order chi connectivity index (χ0) is 32.1. The van der Waals surface area contributed by atoms with Crippen molar-refractivity contribution in [1.82, 2.24) is 10.3 Å². The van der Waals surface area contributed by atoms with Gasteiger partial charge in [0.25, 0.3) is 5.88 Å². The van der Waals surface area contributed by atoms with Gasteiger partial charge in [-0.25, -0.2) is 4.98 Å². The molecule has 1 heterocycles.